The molecule has 37 heavy (non-hydrogen) atoms. The van der Waals surface area contributed by atoms with Gasteiger partial charge in [-0.15, -0.1) is 0 Å². The fourth-order valence-corrected chi connectivity index (χ4v) is 6.04. The third kappa shape index (κ3) is 5.76. The number of rotatable bonds is 5. The topological polar surface area (TPSA) is 70.6 Å². The minimum atomic E-state index is -0.437. The number of nitrogens with one attached hydrogen (secondary N) is 1. The average molecular weight is 530 g/mol. The number of hydrogen-bond acceptors (Lipinski definition) is 6. The summed E-state index contributed by atoms with van der Waals surface area (Å²) in [6.45, 7) is 9.94. The number of anilines is 1. The first-order valence-electron chi connectivity index (χ1n) is 13.5. The van der Waals surface area contributed by atoms with Gasteiger partial charge in [-0.1, -0.05) is 17.7 Å². The van der Waals surface area contributed by atoms with Crippen molar-refractivity contribution >= 4 is 23.5 Å². The van der Waals surface area contributed by atoms with E-state index in [4.69, 9.17) is 21.3 Å². The lowest BCUT2D eigenvalue weighted by Crippen LogP contribution is -2.51. The normalized spacial score (nSPS) is 25.2. The zero-order valence-electron chi connectivity index (χ0n) is 21.9. The number of nitrogens with zero attached hydrogens (tertiary/aromatic N) is 4. The van der Waals surface area contributed by atoms with Crippen LogP contribution >= 0.6 is 11.6 Å². The van der Waals surface area contributed by atoms with Crippen molar-refractivity contribution in [2.75, 3.05) is 31.6 Å². The lowest BCUT2D eigenvalue weighted by atomic mass is 9.78. The molecule has 9 heteroatoms. The molecule has 7 nitrogen and oxygen atoms in total. The lowest BCUT2D eigenvalue weighted by molar-refractivity contribution is -0.141. The molecule has 3 aliphatic heterocycles. The van der Waals surface area contributed by atoms with Crippen molar-refractivity contribution in [3.8, 4) is 0 Å². The average Bonchev–Trinajstić information content (AvgIpc) is 2.90. The van der Waals surface area contributed by atoms with Crippen molar-refractivity contribution in [1.29, 1.82) is 0 Å². The highest BCUT2D eigenvalue weighted by molar-refractivity contribution is 6.30. The molecular weight excluding hydrogens is 493 g/mol. The van der Waals surface area contributed by atoms with E-state index in [-0.39, 0.29) is 28.8 Å². The van der Waals surface area contributed by atoms with Crippen LogP contribution in [0.1, 0.15) is 62.8 Å². The van der Waals surface area contributed by atoms with Crippen LogP contribution in [0.2, 0.25) is 5.02 Å². The summed E-state index contributed by atoms with van der Waals surface area (Å²) in [6, 6.07) is 5.69. The monoisotopic (exact) mass is 529 g/mol. The molecule has 1 aromatic carbocycles. The van der Waals surface area contributed by atoms with Gasteiger partial charge in [0.25, 0.3) is 0 Å². The van der Waals surface area contributed by atoms with Crippen LogP contribution in [0.3, 0.4) is 0 Å². The number of aromatic nitrogens is 2. The summed E-state index contributed by atoms with van der Waals surface area (Å²) in [5.74, 6) is -0.0122. The Balaban J connectivity index is 1.37. The molecule has 0 spiro atoms. The predicted molar refractivity (Wildman–Crippen MR) is 142 cm³/mol. The molecule has 2 saturated heterocycles. The van der Waals surface area contributed by atoms with Gasteiger partial charge in [0.1, 0.15) is 5.82 Å². The summed E-state index contributed by atoms with van der Waals surface area (Å²) in [6.07, 6.45) is 5.24. The molecule has 2 aromatic rings. The van der Waals surface area contributed by atoms with Gasteiger partial charge in [0, 0.05) is 55.9 Å². The molecule has 5 rings (SSSR count). The van der Waals surface area contributed by atoms with Crippen molar-refractivity contribution < 1.29 is 13.9 Å². The minimum absolute atomic E-state index is 0.0450. The molecule has 0 bridgehead atoms. The van der Waals surface area contributed by atoms with Gasteiger partial charge in [0.2, 0.25) is 11.9 Å². The SMILES string of the molecule is CC(C)N1CC[C@@H](C(=O)N2Cc3nc(NC4CCOCC4)ncc3C[C@H]2C)[C@H](c2ccc(Cl)c(F)c2)C1. The number of halogens is 2. The summed E-state index contributed by atoms with van der Waals surface area (Å²) in [7, 11) is 0. The van der Waals surface area contributed by atoms with Gasteiger partial charge in [-0.05, 0) is 76.3 Å². The Kier molecular flexibility index (Phi) is 7.98. The summed E-state index contributed by atoms with van der Waals surface area (Å²) >= 11 is 5.98. The van der Waals surface area contributed by atoms with Crippen molar-refractivity contribution in [2.24, 2.45) is 5.92 Å². The molecule has 1 N–H and O–H groups in total. The maximum atomic E-state index is 14.4. The van der Waals surface area contributed by atoms with Gasteiger partial charge in [-0.2, -0.15) is 0 Å². The van der Waals surface area contributed by atoms with Crippen LogP contribution < -0.4 is 5.32 Å². The number of likely N-dealkylation sites (tertiary alicyclic amines) is 1. The second-order valence-electron chi connectivity index (χ2n) is 11.0. The van der Waals surface area contributed by atoms with E-state index in [2.05, 4.69) is 36.0 Å². The van der Waals surface area contributed by atoms with Crippen LogP contribution in [0.25, 0.3) is 0 Å². The summed E-state index contributed by atoms with van der Waals surface area (Å²) in [5.41, 5.74) is 2.84. The first kappa shape index (κ1) is 26.3. The fraction of sp³-hybridized carbons (Fsp3) is 0.607. The molecule has 0 radical (unpaired) electrons. The second kappa shape index (κ2) is 11.2. The van der Waals surface area contributed by atoms with E-state index in [1.807, 2.05) is 17.2 Å². The maximum absolute atomic E-state index is 14.4. The Morgan fingerprint density at radius 3 is 2.76 bits per heavy atom. The first-order chi connectivity index (χ1) is 17.8. The lowest BCUT2D eigenvalue weighted by Gasteiger charge is -2.43. The van der Waals surface area contributed by atoms with E-state index < -0.39 is 5.82 Å². The zero-order valence-corrected chi connectivity index (χ0v) is 22.7. The molecule has 4 heterocycles. The molecule has 1 amide bonds. The number of amides is 1. The number of fused-ring (bicyclic) bond motifs is 1. The Hall–Kier alpha value is -2.29. The van der Waals surface area contributed by atoms with Crippen LogP contribution in [0, 0.1) is 11.7 Å². The standard InChI is InChI=1S/C28H37ClFN5O2/c1-17(2)34-9-6-22(23(15-34)19-4-5-24(29)25(30)13-19)27(36)35-16-26-20(12-18(35)3)14-31-28(33-26)32-21-7-10-37-11-8-21/h4-5,13-14,17-18,21-23H,6-12,15-16H2,1-3H3,(H,31,32,33)/t18-,22-,23+/m1/s1. The van der Waals surface area contributed by atoms with E-state index in [0.717, 1.165) is 68.8 Å². The van der Waals surface area contributed by atoms with Gasteiger partial charge in [-0.25, -0.2) is 14.4 Å². The number of benzene rings is 1. The second-order valence-corrected chi connectivity index (χ2v) is 11.4. The van der Waals surface area contributed by atoms with Gasteiger partial charge in [0.15, 0.2) is 0 Å². The Morgan fingerprint density at radius 1 is 1.24 bits per heavy atom. The molecule has 0 aliphatic carbocycles. The van der Waals surface area contributed by atoms with Gasteiger partial charge in [-0.3, -0.25) is 4.79 Å². The first-order valence-corrected chi connectivity index (χ1v) is 13.9. The largest absolute Gasteiger partial charge is 0.381 e. The Labute approximate surface area is 223 Å². The molecular formula is C28H37ClFN5O2. The number of carbonyl (C=O) groups excluding carboxylic acids is 1. The molecule has 1 aromatic heterocycles. The van der Waals surface area contributed by atoms with E-state index in [1.54, 1.807) is 6.07 Å². The Bertz CT molecular complexity index is 1130. The summed E-state index contributed by atoms with van der Waals surface area (Å²) in [5, 5.41) is 3.55. The third-order valence-electron chi connectivity index (χ3n) is 8.22. The molecule has 200 valence electrons. The molecule has 3 atom stereocenters. The van der Waals surface area contributed by atoms with Crippen molar-refractivity contribution in [3.05, 3.63) is 52.1 Å². The van der Waals surface area contributed by atoms with E-state index in [9.17, 15) is 9.18 Å². The zero-order chi connectivity index (χ0) is 26.1. The van der Waals surface area contributed by atoms with Crippen molar-refractivity contribution in [1.82, 2.24) is 19.8 Å². The summed E-state index contributed by atoms with van der Waals surface area (Å²) < 4.78 is 19.9. The highest BCUT2D eigenvalue weighted by Gasteiger charge is 2.40. The van der Waals surface area contributed by atoms with Crippen LogP contribution in [-0.2, 0) is 22.5 Å². The number of ether oxygens (including phenoxy) is 1. The van der Waals surface area contributed by atoms with Crippen LogP contribution in [0.15, 0.2) is 24.4 Å². The number of hydrogen-bond donors (Lipinski definition) is 1. The van der Waals surface area contributed by atoms with Crippen molar-refractivity contribution in [2.45, 2.75) is 77.0 Å². The van der Waals surface area contributed by atoms with Crippen molar-refractivity contribution in [3.63, 3.8) is 0 Å². The summed E-state index contributed by atoms with van der Waals surface area (Å²) in [4.78, 5) is 27.8. The number of piperidine rings is 1. The highest BCUT2D eigenvalue weighted by Crippen LogP contribution is 2.37. The quantitative estimate of drug-likeness (QED) is 0.608. The van der Waals surface area contributed by atoms with Crippen LogP contribution in [0.5, 0.6) is 0 Å². The predicted octanol–water partition coefficient (Wildman–Crippen LogP) is 4.65. The molecule has 0 saturated carbocycles. The maximum Gasteiger partial charge on any atom is 0.227 e. The molecule has 0 unspecified atom stereocenters. The van der Waals surface area contributed by atoms with E-state index in [0.29, 0.717) is 24.6 Å². The Morgan fingerprint density at radius 2 is 2.03 bits per heavy atom. The van der Waals surface area contributed by atoms with Gasteiger partial charge < -0.3 is 19.9 Å². The minimum Gasteiger partial charge on any atom is -0.381 e. The van der Waals surface area contributed by atoms with Crippen LogP contribution in [0.4, 0.5) is 10.3 Å². The highest BCUT2D eigenvalue weighted by atomic mass is 35.5. The third-order valence-corrected chi connectivity index (χ3v) is 8.53. The van der Waals surface area contributed by atoms with E-state index in [1.165, 1.54) is 6.07 Å². The molecule has 3 aliphatic rings. The smallest absolute Gasteiger partial charge is 0.227 e. The van der Waals surface area contributed by atoms with Gasteiger partial charge >= 0.3 is 0 Å². The number of carbonyl (C=O) groups is 1. The van der Waals surface area contributed by atoms with Gasteiger partial charge in [0.05, 0.1) is 17.3 Å². The molecule has 2 fully saturated rings. The fourth-order valence-electron chi connectivity index (χ4n) is 5.92. The van der Waals surface area contributed by atoms with Crippen LogP contribution in [-0.4, -0.2) is 70.1 Å². The van der Waals surface area contributed by atoms with E-state index >= 15 is 0 Å².